The Labute approximate surface area is 136 Å². The number of hydrogen-bond acceptors (Lipinski definition) is 4. The number of nitrogens with zero attached hydrogens (tertiary/aromatic N) is 2. The molecule has 1 saturated heterocycles. The van der Waals surface area contributed by atoms with Crippen LogP contribution in [0.3, 0.4) is 0 Å². The van der Waals surface area contributed by atoms with Gasteiger partial charge in [-0.05, 0) is 31.5 Å². The van der Waals surface area contributed by atoms with Gasteiger partial charge in [-0.25, -0.2) is 16.8 Å². The lowest BCUT2D eigenvalue weighted by Crippen LogP contribution is -2.50. The summed E-state index contributed by atoms with van der Waals surface area (Å²) >= 11 is 5.89. The summed E-state index contributed by atoms with van der Waals surface area (Å²) in [5.74, 6) is 0.0210. The van der Waals surface area contributed by atoms with Crippen LogP contribution in [0.2, 0.25) is 5.02 Å². The molecule has 0 saturated carbocycles. The van der Waals surface area contributed by atoms with Crippen molar-refractivity contribution in [3.8, 4) is 0 Å². The van der Waals surface area contributed by atoms with Crippen LogP contribution in [0, 0.1) is 6.92 Å². The Bertz CT molecular complexity index is 754. The van der Waals surface area contributed by atoms with Crippen molar-refractivity contribution in [3.63, 3.8) is 0 Å². The molecule has 0 atom stereocenters. The van der Waals surface area contributed by atoms with Crippen LogP contribution < -0.4 is 0 Å². The van der Waals surface area contributed by atoms with Crippen molar-refractivity contribution < 1.29 is 16.8 Å². The molecule has 0 spiro atoms. The molecule has 6 nitrogen and oxygen atoms in total. The molecule has 0 radical (unpaired) electrons. The summed E-state index contributed by atoms with van der Waals surface area (Å²) in [6, 6.07) is 4.73. The second-order valence-corrected chi connectivity index (χ2v) is 9.71. The molecule has 1 aromatic carbocycles. The van der Waals surface area contributed by atoms with Gasteiger partial charge in [0.05, 0.1) is 10.6 Å². The number of aryl methyl sites for hydroxylation is 1. The molecule has 0 bridgehead atoms. The first kappa shape index (κ1) is 17.7. The third-order valence-electron chi connectivity index (χ3n) is 3.72. The zero-order valence-corrected chi connectivity index (χ0v) is 14.9. The summed E-state index contributed by atoms with van der Waals surface area (Å²) in [6.45, 7) is 3.93. The van der Waals surface area contributed by atoms with Gasteiger partial charge in [-0.3, -0.25) is 0 Å². The van der Waals surface area contributed by atoms with Crippen LogP contribution in [-0.2, 0) is 20.0 Å². The minimum atomic E-state index is -3.66. The maximum atomic E-state index is 12.7. The highest BCUT2D eigenvalue weighted by atomic mass is 35.5. The van der Waals surface area contributed by atoms with Crippen molar-refractivity contribution >= 4 is 31.6 Å². The summed E-state index contributed by atoms with van der Waals surface area (Å²) in [7, 11) is -6.94. The quantitative estimate of drug-likeness (QED) is 0.805. The number of halogens is 1. The standard InChI is InChI=1S/C13H19ClN2O4S2/c1-3-21(17,18)15-6-8-16(9-7-15)22(19,20)13-10-12(14)5-4-11(13)2/h4-5,10H,3,6-9H2,1-2H3. The first-order valence-corrected chi connectivity index (χ1v) is 10.4. The van der Waals surface area contributed by atoms with E-state index in [4.69, 9.17) is 11.6 Å². The lowest BCUT2D eigenvalue weighted by atomic mass is 10.2. The fraction of sp³-hybridized carbons (Fsp3) is 0.538. The molecule has 0 N–H and O–H groups in total. The molecular weight excluding hydrogens is 348 g/mol. The fourth-order valence-corrected chi connectivity index (χ4v) is 5.36. The van der Waals surface area contributed by atoms with Crippen molar-refractivity contribution in [2.45, 2.75) is 18.7 Å². The average molecular weight is 367 g/mol. The van der Waals surface area contributed by atoms with Crippen LogP contribution in [-0.4, -0.2) is 57.4 Å². The Balaban J connectivity index is 2.22. The number of hydrogen-bond donors (Lipinski definition) is 0. The number of rotatable bonds is 4. The molecule has 1 fully saturated rings. The van der Waals surface area contributed by atoms with Gasteiger partial charge in [-0.15, -0.1) is 0 Å². The van der Waals surface area contributed by atoms with Crippen LogP contribution in [0.15, 0.2) is 23.1 Å². The van der Waals surface area contributed by atoms with Gasteiger partial charge >= 0.3 is 0 Å². The highest BCUT2D eigenvalue weighted by Gasteiger charge is 2.32. The molecule has 0 aromatic heterocycles. The first-order chi connectivity index (χ1) is 10.2. The zero-order chi connectivity index (χ0) is 16.5. The molecule has 0 unspecified atom stereocenters. The van der Waals surface area contributed by atoms with Crippen LogP contribution in [0.25, 0.3) is 0 Å². The van der Waals surface area contributed by atoms with E-state index < -0.39 is 20.0 Å². The largest absolute Gasteiger partial charge is 0.243 e. The highest BCUT2D eigenvalue weighted by Crippen LogP contribution is 2.24. The normalized spacial score (nSPS) is 18.5. The van der Waals surface area contributed by atoms with Gasteiger partial charge in [0.25, 0.3) is 0 Å². The molecule has 124 valence electrons. The molecule has 22 heavy (non-hydrogen) atoms. The molecule has 1 aliphatic rings. The third kappa shape index (κ3) is 3.46. The summed E-state index contributed by atoms with van der Waals surface area (Å²) < 4.78 is 51.7. The van der Waals surface area contributed by atoms with Gasteiger partial charge in [0.1, 0.15) is 0 Å². The van der Waals surface area contributed by atoms with E-state index in [-0.39, 0.29) is 36.8 Å². The fourth-order valence-electron chi connectivity index (χ4n) is 2.36. The van der Waals surface area contributed by atoms with Crippen LogP contribution in [0.4, 0.5) is 0 Å². The van der Waals surface area contributed by atoms with Crippen LogP contribution in [0.1, 0.15) is 12.5 Å². The maximum Gasteiger partial charge on any atom is 0.243 e. The van der Waals surface area contributed by atoms with E-state index in [1.807, 2.05) is 0 Å². The Morgan fingerprint density at radius 1 is 1.05 bits per heavy atom. The molecule has 1 heterocycles. The molecular formula is C13H19ClN2O4S2. The molecule has 9 heteroatoms. The second-order valence-electron chi connectivity index (χ2n) is 5.11. The van der Waals surface area contributed by atoms with Gasteiger partial charge in [0, 0.05) is 31.2 Å². The lowest BCUT2D eigenvalue weighted by molar-refractivity contribution is 0.273. The summed E-state index contributed by atoms with van der Waals surface area (Å²) in [5, 5.41) is 0.358. The lowest BCUT2D eigenvalue weighted by Gasteiger charge is -2.33. The van der Waals surface area contributed by atoms with Gasteiger partial charge < -0.3 is 0 Å². The third-order valence-corrected chi connectivity index (χ3v) is 7.88. The smallest absolute Gasteiger partial charge is 0.212 e. The van der Waals surface area contributed by atoms with Crippen molar-refractivity contribution in [2.75, 3.05) is 31.9 Å². The van der Waals surface area contributed by atoms with E-state index in [0.29, 0.717) is 10.6 Å². The van der Waals surface area contributed by atoms with Crippen molar-refractivity contribution in [1.82, 2.24) is 8.61 Å². The number of piperazine rings is 1. The zero-order valence-electron chi connectivity index (χ0n) is 12.5. The van der Waals surface area contributed by atoms with E-state index in [9.17, 15) is 16.8 Å². The summed E-state index contributed by atoms with van der Waals surface area (Å²) in [4.78, 5) is 0.173. The summed E-state index contributed by atoms with van der Waals surface area (Å²) in [6.07, 6.45) is 0. The Kier molecular flexibility index (Phi) is 5.18. The van der Waals surface area contributed by atoms with Crippen molar-refractivity contribution in [3.05, 3.63) is 28.8 Å². The SMILES string of the molecule is CCS(=O)(=O)N1CCN(S(=O)(=O)c2cc(Cl)ccc2C)CC1. The predicted octanol–water partition coefficient (Wildman–Crippen LogP) is 1.30. The first-order valence-electron chi connectivity index (χ1n) is 6.92. The Morgan fingerprint density at radius 3 is 2.14 bits per heavy atom. The molecule has 1 aliphatic heterocycles. The van der Waals surface area contributed by atoms with Crippen LogP contribution >= 0.6 is 11.6 Å². The topological polar surface area (TPSA) is 74.8 Å². The highest BCUT2D eigenvalue weighted by molar-refractivity contribution is 7.89. The summed E-state index contributed by atoms with van der Waals surface area (Å²) in [5.41, 5.74) is 0.619. The molecule has 0 amide bonds. The molecule has 1 aromatic rings. The minimum Gasteiger partial charge on any atom is -0.212 e. The van der Waals surface area contributed by atoms with E-state index >= 15 is 0 Å². The van der Waals surface area contributed by atoms with Crippen LogP contribution in [0.5, 0.6) is 0 Å². The van der Waals surface area contributed by atoms with Crippen molar-refractivity contribution in [2.24, 2.45) is 0 Å². The van der Waals surface area contributed by atoms with Gasteiger partial charge in [0.15, 0.2) is 0 Å². The molecule has 2 rings (SSSR count). The maximum absolute atomic E-state index is 12.7. The molecule has 0 aliphatic carbocycles. The van der Waals surface area contributed by atoms with Gasteiger partial charge in [0.2, 0.25) is 20.0 Å². The second kappa shape index (κ2) is 6.45. The average Bonchev–Trinajstić information content (AvgIpc) is 2.49. The Hall–Kier alpha value is -0.670. The number of sulfonamides is 2. The van der Waals surface area contributed by atoms with Gasteiger partial charge in [-0.1, -0.05) is 17.7 Å². The van der Waals surface area contributed by atoms with Crippen molar-refractivity contribution in [1.29, 1.82) is 0 Å². The van der Waals surface area contributed by atoms with E-state index in [1.54, 1.807) is 26.0 Å². The van der Waals surface area contributed by atoms with E-state index in [2.05, 4.69) is 0 Å². The Morgan fingerprint density at radius 2 is 1.59 bits per heavy atom. The van der Waals surface area contributed by atoms with E-state index in [0.717, 1.165) is 0 Å². The monoisotopic (exact) mass is 366 g/mol. The minimum absolute atomic E-state index is 0.0210. The van der Waals surface area contributed by atoms with Gasteiger partial charge in [-0.2, -0.15) is 8.61 Å². The van der Waals surface area contributed by atoms with E-state index in [1.165, 1.54) is 14.7 Å². The predicted molar refractivity (Wildman–Crippen MR) is 86.0 cm³/mol. The number of benzene rings is 1.